The summed E-state index contributed by atoms with van der Waals surface area (Å²) in [5, 5.41) is 6.62. The van der Waals surface area contributed by atoms with Crippen LogP contribution in [0.2, 0.25) is 0 Å². The van der Waals surface area contributed by atoms with Gasteiger partial charge in [-0.25, -0.2) is 0 Å². The molecule has 1 rings (SSSR count). The van der Waals surface area contributed by atoms with Crippen molar-refractivity contribution in [2.24, 2.45) is 10.9 Å². The summed E-state index contributed by atoms with van der Waals surface area (Å²) >= 11 is 0. The fourth-order valence-corrected chi connectivity index (χ4v) is 2.10. The van der Waals surface area contributed by atoms with Crippen molar-refractivity contribution >= 4 is 29.9 Å². The van der Waals surface area contributed by atoms with Gasteiger partial charge in [-0.1, -0.05) is 38.1 Å². The molecule has 0 spiro atoms. The lowest BCUT2D eigenvalue weighted by molar-refractivity contribution is 0.108. The van der Waals surface area contributed by atoms with E-state index in [1.54, 1.807) is 14.2 Å². The molecule has 6 heteroatoms. The van der Waals surface area contributed by atoms with Gasteiger partial charge in [-0.3, -0.25) is 4.99 Å². The zero-order chi connectivity index (χ0) is 16.9. The van der Waals surface area contributed by atoms with Crippen LogP contribution in [0.1, 0.15) is 31.4 Å². The number of hydrogen-bond donors (Lipinski definition) is 2. The first kappa shape index (κ1) is 23.1. The molecule has 0 radical (unpaired) electrons. The second-order valence-corrected chi connectivity index (χ2v) is 5.93. The Morgan fingerprint density at radius 2 is 1.96 bits per heavy atom. The minimum atomic E-state index is 0. The summed E-state index contributed by atoms with van der Waals surface area (Å²) in [6.07, 6.45) is 0.969. The summed E-state index contributed by atoms with van der Waals surface area (Å²) in [4.78, 5) is 4.24. The first-order valence-corrected chi connectivity index (χ1v) is 8.24. The molecule has 0 atom stereocenters. The lowest BCUT2D eigenvalue weighted by Gasteiger charge is -2.13. The van der Waals surface area contributed by atoms with Gasteiger partial charge in [-0.05, 0) is 23.5 Å². The number of rotatable bonds is 10. The SMILES string of the molecule is CN=C(NCCCOCC(C)C)NCc1cccc(COC)c1.I. The Morgan fingerprint density at radius 1 is 1.21 bits per heavy atom. The van der Waals surface area contributed by atoms with Crippen molar-refractivity contribution in [2.45, 2.75) is 33.4 Å². The molecule has 0 saturated heterocycles. The molecule has 5 nitrogen and oxygen atoms in total. The number of methoxy groups -OCH3 is 1. The van der Waals surface area contributed by atoms with E-state index >= 15 is 0 Å². The lowest BCUT2D eigenvalue weighted by atomic mass is 10.1. The number of nitrogens with one attached hydrogen (secondary N) is 2. The number of hydrogen-bond acceptors (Lipinski definition) is 3. The predicted molar refractivity (Wildman–Crippen MR) is 111 cm³/mol. The van der Waals surface area contributed by atoms with Crippen LogP contribution in [0.3, 0.4) is 0 Å². The van der Waals surface area contributed by atoms with Crippen molar-refractivity contribution < 1.29 is 9.47 Å². The van der Waals surface area contributed by atoms with E-state index in [-0.39, 0.29) is 24.0 Å². The summed E-state index contributed by atoms with van der Waals surface area (Å²) in [5.41, 5.74) is 2.39. The van der Waals surface area contributed by atoms with E-state index in [2.05, 4.69) is 47.7 Å². The Kier molecular flexibility index (Phi) is 14.0. The average Bonchev–Trinajstić information content (AvgIpc) is 2.54. The van der Waals surface area contributed by atoms with Gasteiger partial charge in [0.1, 0.15) is 0 Å². The third kappa shape index (κ3) is 10.8. The lowest BCUT2D eigenvalue weighted by Crippen LogP contribution is -2.37. The highest BCUT2D eigenvalue weighted by atomic mass is 127. The molecule has 1 aromatic rings. The topological polar surface area (TPSA) is 54.9 Å². The summed E-state index contributed by atoms with van der Waals surface area (Å²) in [6.45, 7) is 8.14. The van der Waals surface area contributed by atoms with Crippen molar-refractivity contribution in [2.75, 3.05) is 33.9 Å². The van der Waals surface area contributed by atoms with Gasteiger partial charge in [0.25, 0.3) is 0 Å². The molecule has 0 amide bonds. The number of benzene rings is 1. The average molecular weight is 449 g/mol. The van der Waals surface area contributed by atoms with E-state index in [0.717, 1.165) is 38.7 Å². The smallest absolute Gasteiger partial charge is 0.191 e. The minimum Gasteiger partial charge on any atom is -0.381 e. The van der Waals surface area contributed by atoms with Crippen LogP contribution in [-0.4, -0.2) is 39.9 Å². The molecule has 0 aliphatic carbocycles. The van der Waals surface area contributed by atoms with E-state index < -0.39 is 0 Å². The third-order valence-electron chi connectivity index (χ3n) is 3.20. The highest BCUT2D eigenvalue weighted by molar-refractivity contribution is 14.0. The van der Waals surface area contributed by atoms with Crippen LogP contribution in [0.15, 0.2) is 29.3 Å². The van der Waals surface area contributed by atoms with E-state index in [0.29, 0.717) is 12.5 Å². The molecule has 1 aromatic carbocycles. The first-order chi connectivity index (χ1) is 11.2. The van der Waals surface area contributed by atoms with Crippen LogP contribution in [0.25, 0.3) is 0 Å². The predicted octanol–water partition coefficient (Wildman–Crippen LogP) is 3.18. The van der Waals surface area contributed by atoms with Crippen molar-refractivity contribution in [1.82, 2.24) is 10.6 Å². The summed E-state index contributed by atoms with van der Waals surface area (Å²) < 4.78 is 10.7. The molecule has 0 aromatic heterocycles. The minimum absolute atomic E-state index is 0. The standard InChI is InChI=1S/C18H31N3O2.HI/c1-15(2)13-23-10-6-9-20-18(19-3)21-12-16-7-5-8-17(11-16)14-22-4;/h5,7-8,11,15H,6,9-10,12-14H2,1-4H3,(H2,19,20,21);1H. The van der Waals surface area contributed by atoms with Gasteiger partial charge in [0, 0.05) is 40.5 Å². The quantitative estimate of drug-likeness (QED) is 0.249. The highest BCUT2D eigenvalue weighted by Crippen LogP contribution is 2.06. The van der Waals surface area contributed by atoms with Crippen LogP contribution in [-0.2, 0) is 22.6 Å². The van der Waals surface area contributed by atoms with Crippen LogP contribution >= 0.6 is 24.0 Å². The maximum Gasteiger partial charge on any atom is 0.191 e. The maximum atomic E-state index is 5.56. The second-order valence-electron chi connectivity index (χ2n) is 5.93. The highest BCUT2D eigenvalue weighted by Gasteiger charge is 2.00. The summed E-state index contributed by atoms with van der Waals surface area (Å²) in [6, 6.07) is 8.35. The summed E-state index contributed by atoms with van der Waals surface area (Å²) in [5.74, 6) is 1.40. The molecule has 24 heavy (non-hydrogen) atoms. The fraction of sp³-hybridized carbons (Fsp3) is 0.611. The van der Waals surface area contributed by atoms with Gasteiger partial charge in [-0.15, -0.1) is 24.0 Å². The monoisotopic (exact) mass is 449 g/mol. The van der Waals surface area contributed by atoms with Crippen molar-refractivity contribution in [3.63, 3.8) is 0 Å². The number of nitrogens with zero attached hydrogens (tertiary/aromatic N) is 1. The summed E-state index contributed by atoms with van der Waals surface area (Å²) in [7, 11) is 3.49. The van der Waals surface area contributed by atoms with Crippen molar-refractivity contribution in [1.29, 1.82) is 0 Å². The van der Waals surface area contributed by atoms with Crippen molar-refractivity contribution in [3.8, 4) is 0 Å². The molecule has 0 bridgehead atoms. The Bertz CT molecular complexity index is 467. The molecule has 2 N–H and O–H groups in total. The molecule has 0 unspecified atom stereocenters. The van der Waals surface area contributed by atoms with Crippen LogP contribution < -0.4 is 10.6 Å². The van der Waals surface area contributed by atoms with E-state index in [1.165, 1.54) is 11.1 Å². The normalized spacial score (nSPS) is 11.3. The molecule has 0 saturated carbocycles. The first-order valence-electron chi connectivity index (χ1n) is 8.24. The Balaban J connectivity index is 0.00000529. The molecular weight excluding hydrogens is 417 g/mol. The second kappa shape index (κ2) is 14.5. The van der Waals surface area contributed by atoms with Gasteiger partial charge in [0.05, 0.1) is 6.61 Å². The van der Waals surface area contributed by atoms with Gasteiger partial charge >= 0.3 is 0 Å². The van der Waals surface area contributed by atoms with Gasteiger partial charge in [0.15, 0.2) is 5.96 Å². The molecular formula is C18H32IN3O2. The molecule has 0 aliphatic heterocycles. The Hall–Kier alpha value is -0.860. The van der Waals surface area contributed by atoms with Gasteiger partial charge < -0.3 is 20.1 Å². The number of halogens is 1. The Morgan fingerprint density at radius 3 is 2.62 bits per heavy atom. The van der Waals surface area contributed by atoms with Crippen LogP contribution in [0, 0.1) is 5.92 Å². The zero-order valence-electron chi connectivity index (χ0n) is 15.3. The van der Waals surface area contributed by atoms with E-state index in [1.807, 2.05) is 6.07 Å². The van der Waals surface area contributed by atoms with Gasteiger partial charge in [0.2, 0.25) is 0 Å². The molecule has 0 aliphatic rings. The van der Waals surface area contributed by atoms with Crippen LogP contribution in [0.4, 0.5) is 0 Å². The van der Waals surface area contributed by atoms with E-state index in [9.17, 15) is 0 Å². The molecule has 138 valence electrons. The Labute approximate surface area is 163 Å². The number of guanidine groups is 1. The molecule has 0 heterocycles. The fourth-order valence-electron chi connectivity index (χ4n) is 2.10. The number of aliphatic imine (C=N–C) groups is 1. The largest absolute Gasteiger partial charge is 0.381 e. The zero-order valence-corrected chi connectivity index (χ0v) is 17.6. The van der Waals surface area contributed by atoms with Gasteiger partial charge in [-0.2, -0.15) is 0 Å². The molecule has 0 fully saturated rings. The van der Waals surface area contributed by atoms with E-state index in [4.69, 9.17) is 9.47 Å². The number of ether oxygens (including phenoxy) is 2. The van der Waals surface area contributed by atoms with Crippen LogP contribution in [0.5, 0.6) is 0 Å². The third-order valence-corrected chi connectivity index (χ3v) is 3.20. The maximum absolute atomic E-state index is 5.56. The van der Waals surface area contributed by atoms with Crippen molar-refractivity contribution in [3.05, 3.63) is 35.4 Å².